The second kappa shape index (κ2) is 6.15. The average Bonchev–Trinajstić information content (AvgIpc) is 2.83. The number of aliphatic hydroxyl groups excluding tert-OH is 1. The summed E-state index contributed by atoms with van der Waals surface area (Å²) in [6.45, 7) is 1.07. The smallest absolute Gasteiger partial charge is 0.122 e. The molecule has 2 unspecified atom stereocenters. The maximum Gasteiger partial charge on any atom is 0.122 e. The average molecular weight is 275 g/mol. The van der Waals surface area contributed by atoms with E-state index in [0.717, 1.165) is 25.1 Å². The summed E-state index contributed by atoms with van der Waals surface area (Å²) in [4.78, 5) is 0. The molecule has 0 aliphatic heterocycles. The summed E-state index contributed by atoms with van der Waals surface area (Å²) in [7, 11) is 1.75. The van der Waals surface area contributed by atoms with Gasteiger partial charge in [0.25, 0.3) is 0 Å². The van der Waals surface area contributed by atoms with Gasteiger partial charge in [0, 0.05) is 6.04 Å². The van der Waals surface area contributed by atoms with Crippen molar-refractivity contribution in [2.75, 3.05) is 13.7 Å². The highest BCUT2D eigenvalue weighted by Crippen LogP contribution is 2.41. The van der Waals surface area contributed by atoms with Crippen LogP contribution in [0.4, 0.5) is 0 Å². The van der Waals surface area contributed by atoms with E-state index in [9.17, 15) is 5.11 Å². The molecule has 0 heterocycles. The first-order valence-electron chi connectivity index (χ1n) is 7.80. The lowest BCUT2D eigenvalue weighted by molar-refractivity contribution is 0.175. The lowest BCUT2D eigenvalue weighted by atomic mass is 9.75. The van der Waals surface area contributed by atoms with Crippen LogP contribution < -0.4 is 10.1 Å². The Kier molecular flexibility index (Phi) is 4.27. The van der Waals surface area contributed by atoms with Crippen molar-refractivity contribution in [3.63, 3.8) is 0 Å². The van der Waals surface area contributed by atoms with Crippen LogP contribution in [-0.2, 0) is 0 Å². The summed E-state index contributed by atoms with van der Waals surface area (Å²) in [5.74, 6) is 2.34. The summed E-state index contributed by atoms with van der Waals surface area (Å²) >= 11 is 0. The molecule has 0 aromatic heterocycles. The van der Waals surface area contributed by atoms with Crippen molar-refractivity contribution in [2.24, 2.45) is 5.92 Å². The SMILES string of the molecule is COc1ccccc1C1CC(NCC2CCC(O)C2)C1. The van der Waals surface area contributed by atoms with Gasteiger partial charge in [-0.15, -0.1) is 0 Å². The Morgan fingerprint density at radius 2 is 2.00 bits per heavy atom. The number of benzene rings is 1. The minimum Gasteiger partial charge on any atom is -0.496 e. The summed E-state index contributed by atoms with van der Waals surface area (Å²) < 4.78 is 5.44. The highest BCUT2D eigenvalue weighted by molar-refractivity contribution is 5.37. The van der Waals surface area contributed by atoms with Gasteiger partial charge in [-0.2, -0.15) is 0 Å². The van der Waals surface area contributed by atoms with Gasteiger partial charge in [-0.3, -0.25) is 0 Å². The van der Waals surface area contributed by atoms with Crippen LogP contribution >= 0.6 is 0 Å². The molecule has 2 aliphatic rings. The molecule has 0 spiro atoms. The number of para-hydroxylation sites is 1. The lowest BCUT2D eigenvalue weighted by Gasteiger charge is -2.37. The van der Waals surface area contributed by atoms with Crippen molar-refractivity contribution in [3.8, 4) is 5.75 Å². The number of hydrogen-bond acceptors (Lipinski definition) is 3. The first-order chi connectivity index (χ1) is 9.76. The predicted octanol–water partition coefficient (Wildman–Crippen LogP) is 2.69. The van der Waals surface area contributed by atoms with Crippen LogP contribution in [0.25, 0.3) is 0 Å². The molecular formula is C17H25NO2. The minimum absolute atomic E-state index is 0.0514. The third kappa shape index (κ3) is 2.99. The van der Waals surface area contributed by atoms with E-state index in [0.29, 0.717) is 17.9 Å². The highest BCUT2D eigenvalue weighted by Gasteiger charge is 2.32. The molecule has 0 saturated heterocycles. The zero-order chi connectivity index (χ0) is 13.9. The Bertz CT molecular complexity index is 442. The van der Waals surface area contributed by atoms with Crippen LogP contribution in [0, 0.1) is 5.92 Å². The maximum absolute atomic E-state index is 9.54. The third-order valence-corrected chi connectivity index (χ3v) is 4.93. The second-order valence-corrected chi connectivity index (χ2v) is 6.35. The molecule has 0 amide bonds. The Labute approximate surface area is 121 Å². The Morgan fingerprint density at radius 3 is 2.70 bits per heavy atom. The van der Waals surface area contributed by atoms with E-state index in [1.807, 2.05) is 6.07 Å². The summed E-state index contributed by atoms with van der Waals surface area (Å²) in [6, 6.07) is 9.01. The van der Waals surface area contributed by atoms with Crippen molar-refractivity contribution in [2.45, 2.75) is 50.2 Å². The quantitative estimate of drug-likeness (QED) is 0.868. The molecule has 0 bridgehead atoms. The topological polar surface area (TPSA) is 41.5 Å². The van der Waals surface area contributed by atoms with E-state index in [2.05, 4.69) is 23.5 Å². The first kappa shape index (κ1) is 13.9. The van der Waals surface area contributed by atoms with Crippen LogP contribution in [0.5, 0.6) is 5.75 Å². The van der Waals surface area contributed by atoms with E-state index in [1.165, 1.54) is 24.8 Å². The van der Waals surface area contributed by atoms with E-state index in [4.69, 9.17) is 4.74 Å². The normalized spacial score (nSPS) is 32.9. The predicted molar refractivity (Wildman–Crippen MR) is 80.1 cm³/mol. The van der Waals surface area contributed by atoms with Crippen molar-refractivity contribution in [1.82, 2.24) is 5.32 Å². The van der Waals surface area contributed by atoms with E-state index in [1.54, 1.807) is 7.11 Å². The first-order valence-corrected chi connectivity index (χ1v) is 7.80. The number of ether oxygens (including phenoxy) is 1. The maximum atomic E-state index is 9.54. The van der Waals surface area contributed by atoms with E-state index in [-0.39, 0.29) is 6.10 Å². The van der Waals surface area contributed by atoms with Gasteiger partial charge < -0.3 is 15.2 Å². The Morgan fingerprint density at radius 1 is 1.20 bits per heavy atom. The molecule has 3 nitrogen and oxygen atoms in total. The molecule has 0 radical (unpaired) electrons. The monoisotopic (exact) mass is 275 g/mol. The molecule has 2 aliphatic carbocycles. The van der Waals surface area contributed by atoms with Crippen LogP contribution in [-0.4, -0.2) is 30.9 Å². The van der Waals surface area contributed by atoms with Gasteiger partial charge in [0.05, 0.1) is 13.2 Å². The molecule has 2 fully saturated rings. The second-order valence-electron chi connectivity index (χ2n) is 6.35. The van der Waals surface area contributed by atoms with Gasteiger partial charge in [-0.25, -0.2) is 0 Å². The van der Waals surface area contributed by atoms with Crippen LogP contribution in [0.15, 0.2) is 24.3 Å². The number of rotatable bonds is 5. The molecule has 1 aromatic carbocycles. The Hall–Kier alpha value is -1.06. The fourth-order valence-corrected chi connectivity index (χ4v) is 3.61. The lowest BCUT2D eigenvalue weighted by Crippen LogP contribution is -2.42. The van der Waals surface area contributed by atoms with E-state index < -0.39 is 0 Å². The standard InChI is InChI=1S/C17H25NO2/c1-20-17-5-3-2-4-16(17)13-9-14(10-13)18-11-12-6-7-15(19)8-12/h2-5,12-15,18-19H,6-11H2,1H3. The molecule has 2 atom stereocenters. The summed E-state index contributed by atoms with van der Waals surface area (Å²) in [6.07, 6.45) is 5.50. The molecule has 2 saturated carbocycles. The number of nitrogens with one attached hydrogen (secondary N) is 1. The molecule has 2 N–H and O–H groups in total. The van der Waals surface area contributed by atoms with Gasteiger partial charge in [-0.1, -0.05) is 18.2 Å². The molecular weight excluding hydrogens is 250 g/mol. The van der Waals surface area contributed by atoms with Crippen LogP contribution in [0.2, 0.25) is 0 Å². The van der Waals surface area contributed by atoms with Crippen LogP contribution in [0.3, 0.4) is 0 Å². The fourth-order valence-electron chi connectivity index (χ4n) is 3.61. The highest BCUT2D eigenvalue weighted by atomic mass is 16.5. The number of aliphatic hydroxyl groups is 1. The zero-order valence-corrected chi connectivity index (χ0v) is 12.2. The summed E-state index contributed by atoms with van der Waals surface area (Å²) in [5.41, 5.74) is 1.35. The Balaban J connectivity index is 1.44. The van der Waals surface area contributed by atoms with Crippen molar-refractivity contribution >= 4 is 0 Å². The summed E-state index contributed by atoms with van der Waals surface area (Å²) in [5, 5.41) is 13.2. The largest absolute Gasteiger partial charge is 0.496 e. The van der Waals surface area contributed by atoms with Gasteiger partial charge in [-0.05, 0) is 62.1 Å². The van der Waals surface area contributed by atoms with Gasteiger partial charge in [0.1, 0.15) is 5.75 Å². The molecule has 20 heavy (non-hydrogen) atoms. The van der Waals surface area contributed by atoms with Crippen molar-refractivity contribution in [1.29, 1.82) is 0 Å². The van der Waals surface area contributed by atoms with Gasteiger partial charge in [0.2, 0.25) is 0 Å². The molecule has 110 valence electrons. The third-order valence-electron chi connectivity index (χ3n) is 4.93. The van der Waals surface area contributed by atoms with E-state index >= 15 is 0 Å². The van der Waals surface area contributed by atoms with Crippen molar-refractivity contribution in [3.05, 3.63) is 29.8 Å². The number of hydrogen-bond donors (Lipinski definition) is 2. The molecule has 3 heteroatoms. The van der Waals surface area contributed by atoms with Gasteiger partial charge >= 0.3 is 0 Å². The molecule has 1 aromatic rings. The number of methoxy groups -OCH3 is 1. The van der Waals surface area contributed by atoms with Gasteiger partial charge in [0.15, 0.2) is 0 Å². The van der Waals surface area contributed by atoms with Crippen LogP contribution in [0.1, 0.15) is 43.6 Å². The molecule has 3 rings (SSSR count). The fraction of sp³-hybridized carbons (Fsp3) is 0.647. The zero-order valence-electron chi connectivity index (χ0n) is 12.2. The minimum atomic E-state index is -0.0514. The van der Waals surface area contributed by atoms with Crippen molar-refractivity contribution < 1.29 is 9.84 Å².